The Morgan fingerprint density at radius 1 is 1.56 bits per heavy atom. The van der Waals surface area contributed by atoms with Gasteiger partial charge in [0.15, 0.2) is 0 Å². The summed E-state index contributed by atoms with van der Waals surface area (Å²) in [4.78, 5) is 9.77. The van der Waals surface area contributed by atoms with Gasteiger partial charge >= 0.3 is 0 Å². The Hall–Kier alpha value is -0.450. The molecule has 4 nitrogen and oxygen atoms in total. The van der Waals surface area contributed by atoms with Crippen molar-refractivity contribution in [3.05, 3.63) is 0 Å². The molecule has 0 aromatic carbocycles. The largest absolute Gasteiger partial charge is 0.343 e. The van der Waals surface area contributed by atoms with Gasteiger partial charge in [-0.25, -0.2) is 0 Å². The lowest BCUT2D eigenvalue weighted by Gasteiger charge is -2.11. The van der Waals surface area contributed by atoms with Crippen LogP contribution in [-0.4, -0.2) is 33.5 Å². The van der Waals surface area contributed by atoms with E-state index in [4.69, 9.17) is 9.47 Å². The fourth-order valence-corrected chi connectivity index (χ4v) is 0.407. The third-order valence-corrected chi connectivity index (χ3v) is 0.796. The van der Waals surface area contributed by atoms with Crippen LogP contribution in [0.5, 0.6) is 0 Å². The van der Waals surface area contributed by atoms with Crippen LogP contribution in [0.1, 0.15) is 0 Å². The number of aldehydes is 1. The number of methoxy groups -OCH3 is 2. The molecule has 4 heteroatoms. The molecule has 0 amide bonds. The van der Waals surface area contributed by atoms with E-state index < -0.39 is 6.41 Å². The van der Waals surface area contributed by atoms with Crippen LogP contribution >= 0.6 is 0 Å². The van der Waals surface area contributed by atoms with Gasteiger partial charge in [0.05, 0.1) is 6.54 Å². The zero-order valence-electron chi connectivity index (χ0n) is 5.59. The van der Waals surface area contributed by atoms with Crippen LogP contribution in [0.15, 0.2) is 0 Å². The average molecular weight is 133 g/mol. The van der Waals surface area contributed by atoms with Gasteiger partial charge in [-0.15, -0.1) is 0 Å². The van der Waals surface area contributed by atoms with Crippen molar-refractivity contribution in [2.75, 3.05) is 20.8 Å². The number of nitrogens with one attached hydrogen (secondary N) is 1. The minimum Gasteiger partial charge on any atom is -0.343 e. The first-order valence-electron chi connectivity index (χ1n) is 2.57. The second-order valence-electron chi connectivity index (χ2n) is 1.38. The average Bonchev–Trinajstić information content (AvgIpc) is 1.91. The molecular formula is C5H11NO3. The van der Waals surface area contributed by atoms with E-state index >= 15 is 0 Å². The predicted molar refractivity (Wildman–Crippen MR) is 31.9 cm³/mol. The Morgan fingerprint density at radius 3 is 2.44 bits per heavy atom. The number of carbonyl (C=O) groups excluding carboxylic acids is 1. The highest BCUT2D eigenvalue weighted by Crippen LogP contribution is 1.81. The van der Waals surface area contributed by atoms with Crippen LogP contribution < -0.4 is 5.32 Å². The molecule has 0 aliphatic carbocycles. The fraction of sp³-hybridized carbons (Fsp3) is 0.800. The summed E-state index contributed by atoms with van der Waals surface area (Å²) in [5, 5.41) is 2.66. The third-order valence-electron chi connectivity index (χ3n) is 0.796. The molecule has 0 spiro atoms. The van der Waals surface area contributed by atoms with Crippen molar-refractivity contribution in [1.82, 2.24) is 5.32 Å². The normalized spacial score (nSPS) is 10.1. The summed E-state index contributed by atoms with van der Waals surface area (Å²) in [6, 6.07) is 0. The van der Waals surface area contributed by atoms with Gasteiger partial charge in [-0.2, -0.15) is 0 Å². The van der Waals surface area contributed by atoms with Gasteiger partial charge in [0.2, 0.25) is 6.41 Å². The summed E-state index contributed by atoms with van der Waals surface area (Å²) in [6.07, 6.45) is 0.264. The van der Waals surface area contributed by atoms with Crippen LogP contribution in [0.4, 0.5) is 0 Å². The maximum absolute atomic E-state index is 9.77. The summed E-state index contributed by atoms with van der Waals surface area (Å²) in [5.74, 6) is 0. The maximum Gasteiger partial charge on any atom is 0.215 e. The Balaban J connectivity index is 3.19. The lowest BCUT2D eigenvalue weighted by molar-refractivity contribution is -0.128. The second-order valence-corrected chi connectivity index (χ2v) is 1.38. The molecule has 0 saturated heterocycles. The molecule has 0 rings (SSSR count). The topological polar surface area (TPSA) is 47.6 Å². The van der Waals surface area contributed by atoms with E-state index in [2.05, 4.69) is 5.32 Å². The minimum atomic E-state index is -0.477. The number of hydrogen-bond donors (Lipinski definition) is 1. The summed E-state index contributed by atoms with van der Waals surface area (Å²) in [6.45, 7) is 0.242. The third kappa shape index (κ3) is 4.08. The quantitative estimate of drug-likeness (QED) is 0.400. The van der Waals surface area contributed by atoms with E-state index in [1.807, 2.05) is 0 Å². The van der Waals surface area contributed by atoms with Gasteiger partial charge in [0.25, 0.3) is 0 Å². The van der Waals surface area contributed by atoms with E-state index in [0.717, 1.165) is 6.29 Å². The monoisotopic (exact) mass is 133 g/mol. The van der Waals surface area contributed by atoms with Crippen molar-refractivity contribution in [3.63, 3.8) is 0 Å². The number of rotatable bonds is 5. The zero-order valence-corrected chi connectivity index (χ0v) is 5.59. The molecule has 54 valence electrons. The molecule has 0 aliphatic heterocycles. The van der Waals surface area contributed by atoms with Gasteiger partial charge < -0.3 is 14.3 Å². The van der Waals surface area contributed by atoms with Crippen LogP contribution in [0.3, 0.4) is 0 Å². The highest BCUT2D eigenvalue weighted by molar-refractivity contribution is 5.51. The predicted octanol–water partition coefficient (Wildman–Crippen LogP) is -0.649. The second kappa shape index (κ2) is 5.68. The molecule has 0 saturated carbocycles. The summed E-state index contributed by atoms with van der Waals surface area (Å²) >= 11 is 0. The Bertz CT molecular complexity index is 72.6. The fourth-order valence-electron chi connectivity index (χ4n) is 0.407. The van der Waals surface area contributed by atoms with E-state index in [0.29, 0.717) is 0 Å². The first kappa shape index (κ1) is 8.55. The molecule has 9 heavy (non-hydrogen) atoms. The lowest BCUT2D eigenvalue weighted by atomic mass is 10.7. The highest BCUT2D eigenvalue weighted by Gasteiger charge is 1.99. The van der Waals surface area contributed by atoms with Crippen LogP contribution in [0.2, 0.25) is 0 Å². The Kier molecular flexibility index (Phi) is 5.40. The molecule has 0 atom stereocenters. The molecule has 0 unspecified atom stereocenters. The van der Waals surface area contributed by atoms with Crippen molar-refractivity contribution >= 4 is 6.29 Å². The first-order chi connectivity index (χ1) is 4.35. The number of carbonyl (C=O) groups is 1. The number of ether oxygens (including phenoxy) is 2. The summed E-state index contributed by atoms with van der Waals surface area (Å²) < 4.78 is 9.42. The van der Waals surface area contributed by atoms with E-state index in [1.54, 1.807) is 0 Å². The van der Waals surface area contributed by atoms with Crippen molar-refractivity contribution < 1.29 is 14.3 Å². The van der Waals surface area contributed by atoms with Crippen molar-refractivity contribution in [2.24, 2.45) is 0 Å². The molecule has 1 N–H and O–H groups in total. The molecule has 0 heterocycles. The van der Waals surface area contributed by atoms with Crippen LogP contribution in [-0.2, 0) is 14.3 Å². The molecule has 0 radical (unpaired) electrons. The minimum absolute atomic E-state index is 0.242. The standard InChI is InChI=1S/C5H11NO3/c1-8-5(9-2)6-3-4-7/h4-6H,3H2,1-2H3. The summed E-state index contributed by atoms with van der Waals surface area (Å²) in [7, 11) is 2.98. The number of hydrogen-bond acceptors (Lipinski definition) is 4. The van der Waals surface area contributed by atoms with Crippen molar-refractivity contribution in [2.45, 2.75) is 6.41 Å². The maximum atomic E-state index is 9.77. The Morgan fingerprint density at radius 2 is 2.11 bits per heavy atom. The highest BCUT2D eigenvalue weighted by atomic mass is 16.7. The van der Waals surface area contributed by atoms with E-state index in [-0.39, 0.29) is 6.54 Å². The van der Waals surface area contributed by atoms with Crippen LogP contribution in [0.25, 0.3) is 0 Å². The van der Waals surface area contributed by atoms with Gasteiger partial charge in [-0.1, -0.05) is 0 Å². The smallest absolute Gasteiger partial charge is 0.215 e. The van der Waals surface area contributed by atoms with Gasteiger partial charge in [-0.05, 0) is 0 Å². The van der Waals surface area contributed by atoms with Crippen molar-refractivity contribution in [3.8, 4) is 0 Å². The molecule has 0 aliphatic rings. The molecule has 0 bridgehead atoms. The van der Waals surface area contributed by atoms with Crippen molar-refractivity contribution in [1.29, 1.82) is 0 Å². The van der Waals surface area contributed by atoms with Gasteiger partial charge in [-0.3, -0.25) is 5.32 Å². The lowest BCUT2D eigenvalue weighted by Crippen LogP contribution is -2.33. The Labute approximate surface area is 54.1 Å². The molecule has 0 fully saturated rings. The molecule has 0 aromatic heterocycles. The molecular weight excluding hydrogens is 122 g/mol. The van der Waals surface area contributed by atoms with Crippen LogP contribution in [0, 0.1) is 0 Å². The van der Waals surface area contributed by atoms with E-state index in [9.17, 15) is 4.79 Å². The zero-order chi connectivity index (χ0) is 7.11. The summed E-state index contributed by atoms with van der Waals surface area (Å²) in [5.41, 5.74) is 0. The van der Waals surface area contributed by atoms with Gasteiger partial charge in [0.1, 0.15) is 6.29 Å². The van der Waals surface area contributed by atoms with E-state index in [1.165, 1.54) is 14.2 Å². The molecule has 0 aromatic rings. The SMILES string of the molecule is COC(NCC=O)OC. The van der Waals surface area contributed by atoms with Gasteiger partial charge in [0, 0.05) is 14.2 Å². The first-order valence-corrected chi connectivity index (χ1v) is 2.57.